The predicted molar refractivity (Wildman–Crippen MR) is 79.4 cm³/mol. The Kier molecular flexibility index (Phi) is 4.28. The van der Waals surface area contributed by atoms with E-state index in [0.29, 0.717) is 13.2 Å². The van der Waals surface area contributed by atoms with Crippen LogP contribution >= 0.6 is 0 Å². The fourth-order valence-electron chi connectivity index (χ4n) is 2.85. The molecule has 1 aromatic carbocycles. The molecule has 112 valence electrons. The molecule has 0 spiro atoms. The number of aromatic nitrogens is 3. The van der Waals surface area contributed by atoms with Gasteiger partial charge in [0, 0.05) is 32.8 Å². The molecule has 21 heavy (non-hydrogen) atoms. The molecule has 6 nitrogen and oxygen atoms in total. The van der Waals surface area contributed by atoms with Crippen molar-refractivity contribution in [2.24, 2.45) is 5.73 Å². The van der Waals surface area contributed by atoms with Gasteiger partial charge in [0.15, 0.2) is 0 Å². The van der Waals surface area contributed by atoms with Crippen LogP contribution in [0.1, 0.15) is 23.0 Å². The first-order valence-electron chi connectivity index (χ1n) is 7.20. The summed E-state index contributed by atoms with van der Waals surface area (Å²) in [7, 11) is 1.71. The number of hydrogen-bond acceptors (Lipinski definition) is 5. The third kappa shape index (κ3) is 2.97. The Morgan fingerprint density at radius 3 is 2.81 bits per heavy atom. The van der Waals surface area contributed by atoms with Crippen LogP contribution in [0.25, 0.3) is 0 Å². The predicted octanol–water partition coefficient (Wildman–Crippen LogP) is 0.940. The summed E-state index contributed by atoms with van der Waals surface area (Å²) >= 11 is 0. The van der Waals surface area contributed by atoms with Gasteiger partial charge in [-0.1, -0.05) is 24.3 Å². The molecule has 1 aliphatic rings. The zero-order valence-electron chi connectivity index (χ0n) is 12.3. The molecule has 0 bridgehead atoms. The van der Waals surface area contributed by atoms with Crippen LogP contribution in [-0.4, -0.2) is 39.9 Å². The Bertz CT molecular complexity index is 580. The van der Waals surface area contributed by atoms with Gasteiger partial charge in [-0.2, -0.15) is 0 Å². The van der Waals surface area contributed by atoms with E-state index in [0.717, 1.165) is 25.5 Å². The number of hydrogen-bond donors (Lipinski definition) is 1. The van der Waals surface area contributed by atoms with Crippen molar-refractivity contribution in [2.75, 3.05) is 20.2 Å². The Labute approximate surface area is 124 Å². The average molecular weight is 287 g/mol. The average Bonchev–Trinajstić information content (AvgIpc) is 2.98. The molecule has 1 atom stereocenters. The second kappa shape index (κ2) is 6.34. The molecule has 0 fully saturated rings. The Morgan fingerprint density at radius 1 is 1.29 bits per heavy atom. The molecule has 1 aromatic heterocycles. The summed E-state index contributed by atoms with van der Waals surface area (Å²) in [6.07, 6.45) is 1.80. The summed E-state index contributed by atoms with van der Waals surface area (Å²) in [6, 6.07) is 8.71. The minimum absolute atomic E-state index is 0.215. The summed E-state index contributed by atoms with van der Waals surface area (Å²) in [5.41, 5.74) is 8.44. The first-order chi connectivity index (χ1) is 10.3. The molecule has 0 amide bonds. The fraction of sp³-hybridized carbons (Fsp3) is 0.467. The normalized spacial score (nSPS) is 16.7. The van der Waals surface area contributed by atoms with Crippen molar-refractivity contribution in [3.63, 3.8) is 0 Å². The van der Waals surface area contributed by atoms with Gasteiger partial charge in [0.1, 0.15) is 12.2 Å². The van der Waals surface area contributed by atoms with Crippen LogP contribution in [0, 0.1) is 0 Å². The number of methoxy groups -OCH3 is 1. The maximum Gasteiger partial charge on any atom is 0.147 e. The van der Waals surface area contributed by atoms with Crippen molar-refractivity contribution in [2.45, 2.75) is 25.7 Å². The van der Waals surface area contributed by atoms with Crippen LogP contribution in [0.2, 0.25) is 0 Å². The highest BCUT2D eigenvalue weighted by Crippen LogP contribution is 2.24. The van der Waals surface area contributed by atoms with Crippen LogP contribution in [0.4, 0.5) is 0 Å². The van der Waals surface area contributed by atoms with Crippen LogP contribution in [0.15, 0.2) is 30.6 Å². The lowest BCUT2D eigenvalue weighted by molar-refractivity contribution is 0.156. The maximum absolute atomic E-state index is 6.02. The largest absolute Gasteiger partial charge is 0.380 e. The van der Waals surface area contributed by atoms with Gasteiger partial charge in [0.05, 0.1) is 13.2 Å². The SMILES string of the molecule is COCc1ccc(C(CN)N2CCn3cnnc3C2)cc1. The van der Waals surface area contributed by atoms with Gasteiger partial charge in [-0.15, -0.1) is 10.2 Å². The highest BCUT2D eigenvalue weighted by atomic mass is 16.5. The second-order valence-corrected chi connectivity index (χ2v) is 5.34. The van der Waals surface area contributed by atoms with E-state index in [2.05, 4.69) is 43.9 Å². The monoisotopic (exact) mass is 287 g/mol. The number of ether oxygens (including phenoxy) is 1. The zero-order chi connectivity index (χ0) is 14.7. The molecule has 2 heterocycles. The van der Waals surface area contributed by atoms with Crippen LogP contribution < -0.4 is 5.73 Å². The van der Waals surface area contributed by atoms with E-state index in [4.69, 9.17) is 10.5 Å². The van der Waals surface area contributed by atoms with E-state index in [9.17, 15) is 0 Å². The van der Waals surface area contributed by atoms with Gasteiger partial charge >= 0.3 is 0 Å². The van der Waals surface area contributed by atoms with Gasteiger partial charge < -0.3 is 15.0 Å². The highest BCUT2D eigenvalue weighted by Gasteiger charge is 2.24. The van der Waals surface area contributed by atoms with E-state index in [1.807, 2.05) is 0 Å². The first kappa shape index (κ1) is 14.2. The zero-order valence-corrected chi connectivity index (χ0v) is 12.3. The van der Waals surface area contributed by atoms with Crippen molar-refractivity contribution in [1.29, 1.82) is 0 Å². The van der Waals surface area contributed by atoms with Crippen LogP contribution in [-0.2, 0) is 24.4 Å². The van der Waals surface area contributed by atoms with Crippen LogP contribution in [0.5, 0.6) is 0 Å². The lowest BCUT2D eigenvalue weighted by Gasteiger charge is -2.34. The second-order valence-electron chi connectivity index (χ2n) is 5.34. The summed E-state index contributed by atoms with van der Waals surface area (Å²) in [5, 5.41) is 8.14. The molecule has 1 unspecified atom stereocenters. The Morgan fingerprint density at radius 2 is 2.10 bits per heavy atom. The standard InChI is InChI=1S/C15H21N5O/c1-21-10-12-2-4-13(5-3-12)14(8-16)19-6-7-20-11-17-18-15(20)9-19/h2-5,11,14H,6-10,16H2,1H3. The number of nitrogens with two attached hydrogens (primary N) is 1. The van der Waals surface area contributed by atoms with Crippen molar-refractivity contribution in [3.8, 4) is 0 Å². The molecule has 1 aliphatic heterocycles. The topological polar surface area (TPSA) is 69.2 Å². The lowest BCUT2D eigenvalue weighted by atomic mass is 10.0. The van der Waals surface area contributed by atoms with Crippen molar-refractivity contribution >= 4 is 0 Å². The van der Waals surface area contributed by atoms with Crippen LogP contribution in [0.3, 0.4) is 0 Å². The van der Waals surface area contributed by atoms with E-state index >= 15 is 0 Å². The number of nitrogens with zero attached hydrogens (tertiary/aromatic N) is 4. The summed E-state index contributed by atoms with van der Waals surface area (Å²) in [6.45, 7) is 3.91. The Hall–Kier alpha value is -1.76. The quantitative estimate of drug-likeness (QED) is 0.886. The molecule has 0 aliphatic carbocycles. The Balaban J connectivity index is 1.76. The summed E-state index contributed by atoms with van der Waals surface area (Å²) in [4.78, 5) is 2.37. The van der Waals surface area contributed by atoms with E-state index in [-0.39, 0.29) is 6.04 Å². The fourth-order valence-corrected chi connectivity index (χ4v) is 2.85. The lowest BCUT2D eigenvalue weighted by Crippen LogP contribution is -2.39. The third-order valence-electron chi connectivity index (χ3n) is 4.01. The first-order valence-corrected chi connectivity index (χ1v) is 7.20. The highest BCUT2D eigenvalue weighted by molar-refractivity contribution is 5.25. The van der Waals surface area contributed by atoms with Gasteiger partial charge in [-0.05, 0) is 11.1 Å². The minimum atomic E-state index is 0.215. The smallest absolute Gasteiger partial charge is 0.147 e. The number of benzene rings is 1. The molecule has 0 saturated heterocycles. The van der Waals surface area contributed by atoms with Gasteiger partial charge in [-0.25, -0.2) is 0 Å². The molecule has 3 rings (SSSR count). The molecule has 0 saturated carbocycles. The maximum atomic E-state index is 6.02. The summed E-state index contributed by atoms with van der Waals surface area (Å²) in [5.74, 6) is 1.01. The van der Waals surface area contributed by atoms with Gasteiger partial charge in [0.25, 0.3) is 0 Å². The molecule has 6 heteroatoms. The summed E-state index contributed by atoms with van der Waals surface area (Å²) < 4.78 is 7.25. The number of rotatable bonds is 5. The van der Waals surface area contributed by atoms with Gasteiger partial charge in [0.2, 0.25) is 0 Å². The third-order valence-corrected chi connectivity index (χ3v) is 4.01. The molecule has 2 aromatic rings. The van der Waals surface area contributed by atoms with E-state index in [1.54, 1.807) is 13.4 Å². The number of fused-ring (bicyclic) bond motifs is 1. The molecular formula is C15H21N5O. The van der Waals surface area contributed by atoms with Crippen molar-refractivity contribution in [3.05, 3.63) is 47.5 Å². The van der Waals surface area contributed by atoms with Crippen molar-refractivity contribution in [1.82, 2.24) is 19.7 Å². The molecule has 2 N–H and O–H groups in total. The molecular weight excluding hydrogens is 266 g/mol. The van der Waals surface area contributed by atoms with E-state index in [1.165, 1.54) is 11.1 Å². The minimum Gasteiger partial charge on any atom is -0.380 e. The molecule has 0 radical (unpaired) electrons. The van der Waals surface area contributed by atoms with Gasteiger partial charge in [-0.3, -0.25) is 4.90 Å². The van der Waals surface area contributed by atoms with E-state index < -0.39 is 0 Å². The van der Waals surface area contributed by atoms with Crippen molar-refractivity contribution < 1.29 is 4.74 Å².